The predicted molar refractivity (Wildman–Crippen MR) is 71.7 cm³/mol. The molecule has 1 aliphatic heterocycles. The fraction of sp³-hybridized carbons (Fsp3) is 0.533. The number of aryl methyl sites for hydroxylation is 1. The Labute approximate surface area is 104 Å². The van der Waals surface area contributed by atoms with Gasteiger partial charge >= 0.3 is 0 Å². The third-order valence-electron chi connectivity index (χ3n) is 3.71. The summed E-state index contributed by atoms with van der Waals surface area (Å²) in [5.41, 5.74) is 3.95. The third kappa shape index (κ3) is 2.68. The second-order valence-electron chi connectivity index (χ2n) is 5.04. The molecule has 2 rings (SSSR count). The Kier molecular flexibility index (Phi) is 3.82. The van der Waals surface area contributed by atoms with Gasteiger partial charge < -0.3 is 9.69 Å². The maximum atomic E-state index is 10.6. The van der Waals surface area contributed by atoms with Gasteiger partial charge in [-0.1, -0.05) is 13.0 Å². The highest BCUT2D eigenvalue weighted by Crippen LogP contribution is 2.27. The molecule has 1 aliphatic rings. The first kappa shape index (κ1) is 12.2. The van der Waals surface area contributed by atoms with Crippen LogP contribution in [0.1, 0.15) is 43.2 Å². The summed E-state index contributed by atoms with van der Waals surface area (Å²) in [6.45, 7) is 6.63. The second-order valence-corrected chi connectivity index (χ2v) is 5.04. The summed E-state index contributed by atoms with van der Waals surface area (Å²) in [5.74, 6) is 0.333. The van der Waals surface area contributed by atoms with Gasteiger partial charge in [-0.3, -0.25) is 0 Å². The number of anilines is 1. The first-order valence-corrected chi connectivity index (χ1v) is 6.51. The largest absolute Gasteiger partial charge is 0.372 e. The summed E-state index contributed by atoms with van der Waals surface area (Å²) in [7, 11) is 0. The summed E-state index contributed by atoms with van der Waals surface area (Å²) >= 11 is 0. The Bertz CT molecular complexity index is 394. The first-order valence-electron chi connectivity index (χ1n) is 6.51. The Morgan fingerprint density at radius 1 is 1.35 bits per heavy atom. The fourth-order valence-corrected chi connectivity index (χ4v) is 2.66. The van der Waals surface area contributed by atoms with Crippen LogP contribution in [0.2, 0.25) is 0 Å². The Hall–Kier alpha value is -1.31. The van der Waals surface area contributed by atoms with Crippen molar-refractivity contribution in [1.29, 1.82) is 0 Å². The van der Waals surface area contributed by atoms with Gasteiger partial charge in [0.15, 0.2) is 0 Å². The molecule has 0 spiro atoms. The molecule has 1 saturated heterocycles. The molecule has 1 aromatic carbocycles. The lowest BCUT2D eigenvalue weighted by Gasteiger charge is -2.20. The van der Waals surface area contributed by atoms with Gasteiger partial charge in [0.05, 0.1) is 0 Å². The molecule has 1 heterocycles. The molecule has 17 heavy (non-hydrogen) atoms. The molecule has 0 N–H and O–H groups in total. The Balaban J connectivity index is 2.18. The smallest absolute Gasteiger partial charge is 0.120 e. The fourth-order valence-electron chi connectivity index (χ4n) is 2.66. The standard InChI is InChI=1S/C15H21NO/c1-12(7-10-17)15-6-5-14(11-13(15)2)16-8-3-4-9-16/h5-6,10-12H,3-4,7-9H2,1-2H3/t12-/m1/s1. The molecular formula is C15H21NO. The number of nitrogens with zero attached hydrogens (tertiary/aromatic N) is 1. The van der Waals surface area contributed by atoms with Gasteiger partial charge in [0.25, 0.3) is 0 Å². The quantitative estimate of drug-likeness (QED) is 0.741. The molecule has 0 saturated carbocycles. The summed E-state index contributed by atoms with van der Waals surface area (Å²) in [6.07, 6.45) is 4.24. The lowest BCUT2D eigenvalue weighted by molar-refractivity contribution is -0.108. The molecule has 0 radical (unpaired) electrons. The zero-order valence-electron chi connectivity index (χ0n) is 10.8. The molecule has 0 bridgehead atoms. The minimum Gasteiger partial charge on any atom is -0.372 e. The Morgan fingerprint density at radius 3 is 2.65 bits per heavy atom. The maximum Gasteiger partial charge on any atom is 0.120 e. The van der Waals surface area contributed by atoms with Gasteiger partial charge in [-0.2, -0.15) is 0 Å². The van der Waals surface area contributed by atoms with Gasteiger partial charge in [0.1, 0.15) is 6.29 Å². The molecule has 92 valence electrons. The second kappa shape index (κ2) is 5.35. The van der Waals surface area contributed by atoms with Gasteiger partial charge in [0, 0.05) is 25.2 Å². The summed E-state index contributed by atoms with van der Waals surface area (Å²) in [5, 5.41) is 0. The molecule has 2 nitrogen and oxygen atoms in total. The van der Waals surface area contributed by atoms with Crippen molar-refractivity contribution >= 4 is 12.0 Å². The number of carbonyl (C=O) groups is 1. The average Bonchev–Trinajstić information content (AvgIpc) is 2.82. The van der Waals surface area contributed by atoms with E-state index in [-0.39, 0.29) is 0 Å². The summed E-state index contributed by atoms with van der Waals surface area (Å²) < 4.78 is 0. The van der Waals surface area contributed by atoms with E-state index in [9.17, 15) is 4.79 Å². The monoisotopic (exact) mass is 231 g/mol. The van der Waals surface area contributed by atoms with Gasteiger partial charge in [-0.15, -0.1) is 0 Å². The lowest BCUT2D eigenvalue weighted by atomic mass is 9.94. The van der Waals surface area contributed by atoms with Crippen molar-refractivity contribution in [3.63, 3.8) is 0 Å². The van der Waals surface area contributed by atoms with E-state index in [4.69, 9.17) is 0 Å². The van der Waals surface area contributed by atoms with E-state index in [0.717, 1.165) is 6.29 Å². The van der Waals surface area contributed by atoms with Crippen molar-refractivity contribution in [2.75, 3.05) is 18.0 Å². The van der Waals surface area contributed by atoms with Crippen molar-refractivity contribution in [2.45, 2.75) is 39.0 Å². The van der Waals surface area contributed by atoms with Crippen LogP contribution in [0.25, 0.3) is 0 Å². The number of hydrogen-bond acceptors (Lipinski definition) is 2. The van der Waals surface area contributed by atoms with Crippen LogP contribution in [0.3, 0.4) is 0 Å². The minimum absolute atomic E-state index is 0.333. The van der Waals surface area contributed by atoms with Crippen molar-refractivity contribution in [3.8, 4) is 0 Å². The molecule has 0 aromatic heterocycles. The zero-order valence-corrected chi connectivity index (χ0v) is 10.8. The van der Waals surface area contributed by atoms with Crippen LogP contribution in [0.5, 0.6) is 0 Å². The summed E-state index contributed by atoms with van der Waals surface area (Å²) in [4.78, 5) is 13.0. The molecule has 2 heteroatoms. The lowest BCUT2D eigenvalue weighted by Crippen LogP contribution is -2.17. The molecule has 1 fully saturated rings. The van der Waals surface area contributed by atoms with Gasteiger partial charge in [-0.05, 0) is 48.9 Å². The van der Waals surface area contributed by atoms with E-state index >= 15 is 0 Å². The van der Waals surface area contributed by atoms with Crippen molar-refractivity contribution in [2.24, 2.45) is 0 Å². The molecular weight excluding hydrogens is 210 g/mol. The Morgan fingerprint density at radius 2 is 2.06 bits per heavy atom. The highest BCUT2D eigenvalue weighted by atomic mass is 16.1. The van der Waals surface area contributed by atoms with Crippen LogP contribution in [0.4, 0.5) is 5.69 Å². The normalized spacial score (nSPS) is 17.2. The summed E-state index contributed by atoms with van der Waals surface area (Å²) in [6, 6.07) is 6.66. The van der Waals surface area contributed by atoms with Crippen LogP contribution >= 0.6 is 0 Å². The van der Waals surface area contributed by atoms with E-state index in [2.05, 4.69) is 36.9 Å². The number of benzene rings is 1. The molecule has 0 unspecified atom stereocenters. The van der Waals surface area contributed by atoms with Crippen LogP contribution in [-0.4, -0.2) is 19.4 Å². The van der Waals surface area contributed by atoms with Crippen molar-refractivity contribution in [1.82, 2.24) is 0 Å². The van der Waals surface area contributed by atoms with E-state index in [0.29, 0.717) is 12.3 Å². The number of aldehydes is 1. The van der Waals surface area contributed by atoms with Crippen LogP contribution in [0, 0.1) is 6.92 Å². The van der Waals surface area contributed by atoms with E-state index in [1.165, 1.54) is 42.7 Å². The average molecular weight is 231 g/mol. The van der Waals surface area contributed by atoms with E-state index in [1.807, 2.05) is 0 Å². The minimum atomic E-state index is 0.333. The molecule has 1 aromatic rings. The van der Waals surface area contributed by atoms with Crippen LogP contribution in [0.15, 0.2) is 18.2 Å². The van der Waals surface area contributed by atoms with Crippen LogP contribution < -0.4 is 4.90 Å². The molecule has 0 amide bonds. The molecule has 0 aliphatic carbocycles. The van der Waals surface area contributed by atoms with E-state index < -0.39 is 0 Å². The van der Waals surface area contributed by atoms with Crippen molar-refractivity contribution < 1.29 is 4.79 Å². The van der Waals surface area contributed by atoms with Gasteiger partial charge in [-0.25, -0.2) is 0 Å². The van der Waals surface area contributed by atoms with Crippen LogP contribution in [-0.2, 0) is 4.79 Å². The van der Waals surface area contributed by atoms with Crippen molar-refractivity contribution in [3.05, 3.63) is 29.3 Å². The number of carbonyl (C=O) groups excluding carboxylic acids is 1. The first-order chi connectivity index (χ1) is 8.22. The third-order valence-corrected chi connectivity index (χ3v) is 3.71. The highest BCUT2D eigenvalue weighted by Gasteiger charge is 2.14. The maximum absolute atomic E-state index is 10.6. The topological polar surface area (TPSA) is 20.3 Å². The SMILES string of the molecule is Cc1cc(N2CCCC2)ccc1[C@H](C)CC=O. The number of rotatable bonds is 4. The molecule has 1 atom stereocenters. The van der Waals surface area contributed by atoms with Gasteiger partial charge in [0.2, 0.25) is 0 Å². The predicted octanol–water partition coefficient (Wildman–Crippen LogP) is 3.29. The zero-order chi connectivity index (χ0) is 12.3. The number of hydrogen-bond donors (Lipinski definition) is 0. The highest BCUT2D eigenvalue weighted by molar-refractivity contribution is 5.55. The van der Waals surface area contributed by atoms with E-state index in [1.54, 1.807) is 0 Å².